The summed E-state index contributed by atoms with van der Waals surface area (Å²) in [6.45, 7) is 4.66. The first-order chi connectivity index (χ1) is 27.2. The van der Waals surface area contributed by atoms with Crippen molar-refractivity contribution in [3.63, 3.8) is 0 Å². The van der Waals surface area contributed by atoms with E-state index < -0.39 is 12.2 Å². The highest BCUT2D eigenvalue weighted by Gasteiger charge is 2.48. The zero-order valence-corrected chi connectivity index (χ0v) is 31.5. The molecule has 55 heavy (non-hydrogen) atoms. The van der Waals surface area contributed by atoms with E-state index in [0.717, 1.165) is 27.8 Å². The second kappa shape index (κ2) is 20.4. The number of hydrogen-bond acceptors (Lipinski definition) is 7. The Morgan fingerprint density at radius 2 is 0.836 bits per heavy atom. The van der Waals surface area contributed by atoms with Crippen molar-refractivity contribution in [2.45, 2.75) is 89.1 Å². The van der Waals surface area contributed by atoms with Gasteiger partial charge in [0, 0.05) is 5.92 Å². The molecule has 2 heterocycles. The van der Waals surface area contributed by atoms with Gasteiger partial charge in [-0.05, 0) is 47.2 Å². The quantitative estimate of drug-likeness (QED) is 0.0888. The Labute approximate surface area is 325 Å². The average Bonchev–Trinajstić information content (AvgIpc) is 3.24. The van der Waals surface area contributed by atoms with E-state index in [1.165, 1.54) is 0 Å². The van der Waals surface area contributed by atoms with E-state index in [-0.39, 0.29) is 36.4 Å². The molecule has 7 rings (SSSR count). The minimum atomic E-state index is -0.445. The van der Waals surface area contributed by atoms with Crippen LogP contribution in [0.25, 0.3) is 0 Å². The van der Waals surface area contributed by atoms with Crippen molar-refractivity contribution < 1.29 is 33.2 Å². The van der Waals surface area contributed by atoms with E-state index >= 15 is 0 Å². The standard InChI is InChI=1S/C48H52O7/c1-36-45(51-31-38-19-9-3-10-20-38)48(54-34-41-25-15-6-16-26-41)47(53-33-40-23-13-5-14-24-40)43(55-36)29-42-27-28-50-44(35-49-30-37-17-7-2-8-18-37)46(42)52-32-39-21-11-4-12-22-39/h2-28,36,42-48H,29-35H2,1H3/t36-,42-,43-,44+,45+,46-,47+,48+/m0/s1. The van der Waals surface area contributed by atoms with Gasteiger partial charge < -0.3 is 33.2 Å². The van der Waals surface area contributed by atoms with Crippen LogP contribution in [0.5, 0.6) is 0 Å². The predicted octanol–water partition coefficient (Wildman–Crippen LogP) is 9.25. The first-order valence-electron chi connectivity index (χ1n) is 19.4. The first kappa shape index (κ1) is 38.7. The number of rotatable bonds is 18. The Morgan fingerprint density at radius 3 is 1.31 bits per heavy atom. The molecule has 0 spiro atoms. The van der Waals surface area contributed by atoms with E-state index in [1.54, 1.807) is 6.26 Å². The number of hydrogen-bond donors (Lipinski definition) is 0. The van der Waals surface area contributed by atoms with Gasteiger partial charge in [0.25, 0.3) is 0 Å². The molecule has 0 unspecified atom stereocenters. The lowest BCUT2D eigenvalue weighted by molar-refractivity contribution is -0.265. The Kier molecular flexibility index (Phi) is 14.3. The topological polar surface area (TPSA) is 64.6 Å². The smallest absolute Gasteiger partial charge is 0.148 e. The van der Waals surface area contributed by atoms with Crippen molar-refractivity contribution in [1.82, 2.24) is 0 Å². The molecule has 1 fully saturated rings. The molecular formula is C48H52O7. The molecule has 2 aliphatic rings. The summed E-state index contributed by atoms with van der Waals surface area (Å²) < 4.78 is 46.7. The predicted molar refractivity (Wildman–Crippen MR) is 213 cm³/mol. The van der Waals surface area contributed by atoms with Crippen LogP contribution < -0.4 is 0 Å². The summed E-state index contributed by atoms with van der Waals surface area (Å²) in [5.74, 6) is -0.0561. The molecule has 0 amide bonds. The van der Waals surface area contributed by atoms with Gasteiger partial charge in [0.05, 0.1) is 58.1 Å². The van der Waals surface area contributed by atoms with E-state index in [1.807, 2.05) is 91.0 Å². The third-order valence-corrected chi connectivity index (χ3v) is 10.3. The van der Waals surface area contributed by atoms with Crippen LogP contribution >= 0.6 is 0 Å². The summed E-state index contributed by atoms with van der Waals surface area (Å²) in [5, 5.41) is 0. The van der Waals surface area contributed by atoms with Crippen molar-refractivity contribution in [3.05, 3.63) is 192 Å². The first-order valence-corrected chi connectivity index (χ1v) is 19.4. The molecule has 5 aromatic rings. The third-order valence-electron chi connectivity index (χ3n) is 10.3. The highest BCUT2D eigenvalue weighted by molar-refractivity contribution is 5.17. The Bertz CT molecular complexity index is 1820. The van der Waals surface area contributed by atoms with Gasteiger partial charge in [-0.25, -0.2) is 0 Å². The highest BCUT2D eigenvalue weighted by atomic mass is 16.6. The maximum Gasteiger partial charge on any atom is 0.148 e. The molecule has 0 N–H and O–H groups in total. The summed E-state index contributed by atoms with van der Waals surface area (Å²) in [6.07, 6.45) is 2.04. The lowest BCUT2D eigenvalue weighted by Gasteiger charge is -2.47. The number of ether oxygens (including phenoxy) is 7. The van der Waals surface area contributed by atoms with Gasteiger partial charge in [0.2, 0.25) is 0 Å². The normalized spacial score (nSPS) is 25.0. The van der Waals surface area contributed by atoms with E-state index in [2.05, 4.69) is 73.7 Å². The fourth-order valence-corrected chi connectivity index (χ4v) is 7.40. The van der Waals surface area contributed by atoms with Crippen LogP contribution in [-0.4, -0.2) is 49.3 Å². The van der Waals surface area contributed by atoms with Crippen LogP contribution in [0.4, 0.5) is 0 Å². The highest BCUT2D eigenvalue weighted by Crippen LogP contribution is 2.36. The fraction of sp³-hybridized carbons (Fsp3) is 0.333. The zero-order valence-electron chi connectivity index (χ0n) is 31.5. The zero-order chi connectivity index (χ0) is 37.5. The maximum atomic E-state index is 6.97. The molecule has 0 aliphatic carbocycles. The van der Waals surface area contributed by atoms with Crippen LogP contribution in [0, 0.1) is 5.92 Å². The molecule has 286 valence electrons. The van der Waals surface area contributed by atoms with E-state index in [9.17, 15) is 0 Å². The number of benzene rings is 5. The molecule has 0 radical (unpaired) electrons. The second-order valence-electron chi connectivity index (χ2n) is 14.3. The van der Waals surface area contributed by atoms with Crippen LogP contribution in [-0.2, 0) is 66.2 Å². The van der Waals surface area contributed by atoms with Gasteiger partial charge in [0.15, 0.2) is 0 Å². The van der Waals surface area contributed by atoms with Crippen LogP contribution in [0.2, 0.25) is 0 Å². The van der Waals surface area contributed by atoms with Gasteiger partial charge >= 0.3 is 0 Å². The summed E-state index contributed by atoms with van der Waals surface area (Å²) in [5.41, 5.74) is 5.46. The van der Waals surface area contributed by atoms with Crippen molar-refractivity contribution >= 4 is 0 Å². The molecule has 8 atom stereocenters. The molecule has 2 aliphatic heterocycles. The summed E-state index contributed by atoms with van der Waals surface area (Å²) in [7, 11) is 0. The maximum absolute atomic E-state index is 6.97. The molecule has 0 bridgehead atoms. The average molecular weight is 741 g/mol. The molecule has 5 aromatic carbocycles. The van der Waals surface area contributed by atoms with E-state index in [0.29, 0.717) is 46.1 Å². The Hall–Kier alpha value is -4.60. The molecule has 0 aromatic heterocycles. The monoisotopic (exact) mass is 740 g/mol. The Balaban J connectivity index is 1.15. The van der Waals surface area contributed by atoms with Crippen LogP contribution in [0.1, 0.15) is 41.2 Å². The Morgan fingerprint density at radius 1 is 0.436 bits per heavy atom. The van der Waals surface area contributed by atoms with Gasteiger partial charge in [-0.2, -0.15) is 0 Å². The summed E-state index contributed by atoms with van der Waals surface area (Å²) in [4.78, 5) is 0. The molecule has 7 nitrogen and oxygen atoms in total. The minimum absolute atomic E-state index is 0.0561. The summed E-state index contributed by atoms with van der Waals surface area (Å²) in [6, 6.07) is 51.2. The van der Waals surface area contributed by atoms with Crippen molar-refractivity contribution in [1.29, 1.82) is 0 Å². The lowest BCUT2D eigenvalue weighted by atomic mass is 9.85. The second-order valence-corrected chi connectivity index (χ2v) is 14.3. The molecular weight excluding hydrogens is 689 g/mol. The van der Waals surface area contributed by atoms with Crippen molar-refractivity contribution in [3.8, 4) is 0 Å². The van der Waals surface area contributed by atoms with Gasteiger partial charge in [-0.3, -0.25) is 0 Å². The van der Waals surface area contributed by atoms with Gasteiger partial charge in [0.1, 0.15) is 30.5 Å². The SMILES string of the molecule is C[C@@H]1O[C@@H](C[C@@H]2C=CO[C@H](COCc3ccccc3)[C@H]2OCc2ccccc2)[C@@H](OCc2ccccc2)[C@H](OCc2ccccc2)[C@@H]1OCc1ccccc1. The molecule has 1 saturated heterocycles. The molecule has 7 heteroatoms. The van der Waals surface area contributed by atoms with Crippen molar-refractivity contribution in [2.75, 3.05) is 6.61 Å². The largest absolute Gasteiger partial charge is 0.493 e. The van der Waals surface area contributed by atoms with Crippen LogP contribution in [0.15, 0.2) is 164 Å². The summed E-state index contributed by atoms with van der Waals surface area (Å²) >= 11 is 0. The van der Waals surface area contributed by atoms with Gasteiger partial charge in [-0.1, -0.05) is 152 Å². The van der Waals surface area contributed by atoms with E-state index in [4.69, 9.17) is 33.2 Å². The fourth-order valence-electron chi connectivity index (χ4n) is 7.40. The van der Waals surface area contributed by atoms with Crippen LogP contribution in [0.3, 0.4) is 0 Å². The minimum Gasteiger partial charge on any atom is -0.493 e. The lowest BCUT2D eigenvalue weighted by Crippen LogP contribution is -2.60. The molecule has 0 saturated carbocycles. The van der Waals surface area contributed by atoms with Gasteiger partial charge in [-0.15, -0.1) is 0 Å². The third kappa shape index (κ3) is 11.2. The van der Waals surface area contributed by atoms with Crippen molar-refractivity contribution in [2.24, 2.45) is 5.92 Å².